The molecule has 0 saturated carbocycles. The van der Waals surface area contributed by atoms with E-state index in [1.54, 1.807) is 0 Å². The number of hydrogen-bond acceptors (Lipinski definition) is 1. The maximum absolute atomic E-state index is 14.5. The number of pyridine rings is 1. The topological polar surface area (TPSA) is 12.9 Å². The van der Waals surface area contributed by atoms with Gasteiger partial charge in [0.15, 0.2) is 0 Å². The molecule has 1 heterocycles. The van der Waals surface area contributed by atoms with Gasteiger partial charge >= 0.3 is 0 Å². The molecule has 0 saturated heterocycles. The Morgan fingerprint density at radius 2 is 2.06 bits per heavy atom. The first-order chi connectivity index (χ1) is 8.35. The van der Waals surface area contributed by atoms with Crippen LogP contribution in [0.15, 0.2) is 12.3 Å². The van der Waals surface area contributed by atoms with E-state index in [-0.39, 0.29) is 6.42 Å². The molecule has 0 fully saturated rings. The lowest BCUT2D eigenvalue weighted by atomic mass is 9.88. The number of nitrogens with zero attached hydrogens (tertiary/aromatic N) is 1. The lowest BCUT2D eigenvalue weighted by Gasteiger charge is -2.23. The zero-order valence-electron chi connectivity index (χ0n) is 11.8. The van der Waals surface area contributed by atoms with Crippen LogP contribution in [0.3, 0.4) is 0 Å². The van der Waals surface area contributed by atoms with E-state index in [4.69, 9.17) is 0 Å². The minimum absolute atomic E-state index is 0.132. The average molecular weight is 253 g/mol. The van der Waals surface area contributed by atoms with E-state index >= 15 is 0 Å². The quantitative estimate of drug-likeness (QED) is 0.760. The van der Waals surface area contributed by atoms with Crippen LogP contribution in [-0.4, -0.2) is 11.7 Å². The highest BCUT2D eigenvalue weighted by Crippen LogP contribution is 2.35. The third-order valence-corrected chi connectivity index (χ3v) is 3.48. The number of aryl methyl sites for hydroxylation is 1. The number of alkyl halides is 2. The van der Waals surface area contributed by atoms with Crippen molar-refractivity contribution < 1.29 is 8.78 Å². The number of aromatic nitrogens is 1. The van der Waals surface area contributed by atoms with Gasteiger partial charge in [0, 0.05) is 29.4 Å². The molecule has 1 nitrogen and oxygen atoms in total. The van der Waals surface area contributed by atoms with Gasteiger partial charge in [-0.05, 0) is 45.8 Å². The second-order valence-electron chi connectivity index (χ2n) is 4.87. The van der Waals surface area contributed by atoms with E-state index in [9.17, 15) is 8.78 Å². The lowest BCUT2D eigenvalue weighted by Crippen LogP contribution is -2.19. The molecule has 1 rings (SSSR count). The zero-order chi connectivity index (χ0) is 13.9. The third kappa shape index (κ3) is 2.77. The first kappa shape index (κ1) is 14.8. The summed E-state index contributed by atoms with van der Waals surface area (Å²) in [6.07, 6.45) is 3.38. The molecule has 0 aliphatic rings. The van der Waals surface area contributed by atoms with Crippen molar-refractivity contribution in [1.82, 2.24) is 4.98 Å². The molecule has 0 radical (unpaired) electrons. The van der Waals surface area contributed by atoms with Crippen LogP contribution in [0, 0.1) is 13.8 Å². The Hall–Kier alpha value is -1.25. The van der Waals surface area contributed by atoms with Gasteiger partial charge in [0.05, 0.1) is 6.67 Å². The van der Waals surface area contributed by atoms with Gasteiger partial charge in [-0.3, -0.25) is 9.37 Å². The Labute approximate surface area is 108 Å². The van der Waals surface area contributed by atoms with Crippen molar-refractivity contribution in [2.75, 3.05) is 6.67 Å². The number of allylic oxidation sites excluding steroid dienone is 2. The van der Waals surface area contributed by atoms with Crippen LogP contribution in [0.5, 0.6) is 0 Å². The zero-order valence-corrected chi connectivity index (χ0v) is 11.8. The van der Waals surface area contributed by atoms with Crippen LogP contribution in [0.25, 0.3) is 5.57 Å². The molecule has 0 spiro atoms. The summed E-state index contributed by atoms with van der Waals surface area (Å²) >= 11 is 0. The van der Waals surface area contributed by atoms with Crippen molar-refractivity contribution in [2.24, 2.45) is 0 Å². The first-order valence-corrected chi connectivity index (χ1v) is 6.20. The van der Waals surface area contributed by atoms with E-state index in [0.717, 1.165) is 22.4 Å². The second kappa shape index (κ2) is 5.59. The molecular weight excluding hydrogens is 232 g/mol. The minimum Gasteiger partial charge on any atom is -0.261 e. The molecule has 1 aromatic heterocycles. The van der Waals surface area contributed by atoms with Gasteiger partial charge in [-0.15, -0.1) is 0 Å². The normalized spacial score (nSPS) is 15.6. The Balaban J connectivity index is 3.42. The van der Waals surface area contributed by atoms with Crippen molar-refractivity contribution in [2.45, 2.75) is 46.7 Å². The number of halogens is 2. The summed E-state index contributed by atoms with van der Waals surface area (Å²) in [6.45, 7) is 8.45. The molecule has 0 aliphatic carbocycles. The van der Waals surface area contributed by atoms with Crippen LogP contribution in [0.1, 0.15) is 49.6 Å². The molecule has 0 N–H and O–H groups in total. The monoisotopic (exact) mass is 253 g/mol. The molecular formula is C15H21F2N. The van der Waals surface area contributed by atoms with Crippen LogP contribution in [-0.2, 0) is 5.67 Å². The molecule has 100 valence electrons. The first-order valence-electron chi connectivity index (χ1n) is 6.20. The molecule has 1 unspecified atom stereocenters. The molecule has 18 heavy (non-hydrogen) atoms. The maximum atomic E-state index is 14.5. The molecule has 0 aromatic carbocycles. The van der Waals surface area contributed by atoms with Gasteiger partial charge in [0.25, 0.3) is 0 Å². The van der Waals surface area contributed by atoms with E-state index < -0.39 is 12.3 Å². The lowest BCUT2D eigenvalue weighted by molar-refractivity contribution is 0.159. The minimum atomic E-state index is -1.66. The molecule has 0 aliphatic heterocycles. The molecule has 3 heteroatoms. The smallest absolute Gasteiger partial charge is 0.137 e. The third-order valence-electron chi connectivity index (χ3n) is 3.48. The SMILES string of the molecule is C/C=C(/C)c1c(C)ncc(C(C)(F)CCF)c1C. The fourth-order valence-electron chi connectivity index (χ4n) is 2.29. The predicted molar refractivity (Wildman–Crippen MR) is 72.1 cm³/mol. The van der Waals surface area contributed by atoms with Gasteiger partial charge in [0.2, 0.25) is 0 Å². The molecule has 0 amide bonds. The second-order valence-corrected chi connectivity index (χ2v) is 4.87. The summed E-state index contributed by atoms with van der Waals surface area (Å²) in [5.74, 6) is 0. The van der Waals surface area contributed by atoms with Crippen molar-refractivity contribution in [3.8, 4) is 0 Å². The van der Waals surface area contributed by atoms with Crippen LogP contribution >= 0.6 is 0 Å². The average Bonchev–Trinajstić information content (AvgIpc) is 2.28. The highest BCUT2D eigenvalue weighted by atomic mass is 19.1. The van der Waals surface area contributed by atoms with Crippen LogP contribution in [0.4, 0.5) is 8.78 Å². The highest BCUT2D eigenvalue weighted by Gasteiger charge is 2.29. The van der Waals surface area contributed by atoms with Gasteiger partial charge in [-0.1, -0.05) is 6.08 Å². The number of hydrogen-bond donors (Lipinski definition) is 0. The summed E-state index contributed by atoms with van der Waals surface area (Å²) in [5, 5.41) is 0. The number of rotatable bonds is 4. The van der Waals surface area contributed by atoms with Crippen molar-refractivity contribution >= 4 is 5.57 Å². The fourth-order valence-corrected chi connectivity index (χ4v) is 2.29. The van der Waals surface area contributed by atoms with Crippen molar-refractivity contribution in [3.63, 3.8) is 0 Å². The largest absolute Gasteiger partial charge is 0.261 e. The summed E-state index contributed by atoms with van der Waals surface area (Å²) in [5.41, 5.74) is 2.59. The van der Waals surface area contributed by atoms with Crippen molar-refractivity contribution in [1.29, 1.82) is 0 Å². The van der Waals surface area contributed by atoms with Gasteiger partial charge in [-0.2, -0.15) is 0 Å². The van der Waals surface area contributed by atoms with Crippen LogP contribution in [0.2, 0.25) is 0 Å². The summed E-state index contributed by atoms with van der Waals surface area (Å²) in [6, 6.07) is 0. The van der Waals surface area contributed by atoms with Gasteiger partial charge in [-0.25, -0.2) is 4.39 Å². The van der Waals surface area contributed by atoms with E-state index in [2.05, 4.69) is 4.98 Å². The van der Waals surface area contributed by atoms with Crippen molar-refractivity contribution in [3.05, 3.63) is 34.7 Å². The Bertz CT molecular complexity index is 462. The van der Waals surface area contributed by atoms with E-state index in [0.29, 0.717) is 5.56 Å². The summed E-state index contributed by atoms with van der Waals surface area (Å²) in [4.78, 5) is 4.25. The van der Waals surface area contributed by atoms with Crippen LogP contribution < -0.4 is 0 Å². The predicted octanol–water partition coefficient (Wildman–Crippen LogP) is 4.67. The van der Waals surface area contributed by atoms with E-state index in [1.165, 1.54) is 13.1 Å². The van der Waals surface area contributed by atoms with Gasteiger partial charge in [0.1, 0.15) is 5.67 Å². The standard InChI is InChI=1S/C15H21F2N/c1-6-10(2)14-11(3)13(9-18-12(14)4)15(5,17)7-8-16/h6,9H,7-8H2,1-5H3/b10-6-. The maximum Gasteiger partial charge on any atom is 0.137 e. The molecule has 0 bridgehead atoms. The summed E-state index contributed by atoms with van der Waals surface area (Å²) < 4.78 is 26.9. The Morgan fingerprint density at radius 1 is 1.44 bits per heavy atom. The molecule has 1 aromatic rings. The highest BCUT2D eigenvalue weighted by molar-refractivity contribution is 5.69. The fraction of sp³-hybridized carbons (Fsp3) is 0.533. The van der Waals surface area contributed by atoms with E-state index in [1.807, 2.05) is 33.8 Å². The van der Waals surface area contributed by atoms with Gasteiger partial charge < -0.3 is 0 Å². The Morgan fingerprint density at radius 3 is 2.56 bits per heavy atom. The Kier molecular flexibility index (Phi) is 4.60. The summed E-state index contributed by atoms with van der Waals surface area (Å²) in [7, 11) is 0. The molecule has 1 atom stereocenters.